The van der Waals surface area contributed by atoms with Crippen molar-refractivity contribution in [2.75, 3.05) is 13.2 Å². The van der Waals surface area contributed by atoms with Crippen molar-refractivity contribution >= 4 is 23.8 Å². The van der Waals surface area contributed by atoms with Crippen molar-refractivity contribution in [2.45, 2.75) is 25.6 Å². The minimum Gasteiger partial charge on any atom is -0.387 e. The zero-order valence-corrected chi connectivity index (χ0v) is 13.6. The van der Waals surface area contributed by atoms with E-state index in [9.17, 15) is 4.79 Å². The molecule has 4 rings (SSSR count). The molecule has 1 fully saturated rings. The van der Waals surface area contributed by atoms with Gasteiger partial charge in [0.05, 0.1) is 6.61 Å². The van der Waals surface area contributed by atoms with Gasteiger partial charge in [0.15, 0.2) is 0 Å². The van der Waals surface area contributed by atoms with Crippen molar-refractivity contribution in [1.29, 1.82) is 0 Å². The molecule has 0 radical (unpaired) electrons. The van der Waals surface area contributed by atoms with E-state index in [1.807, 2.05) is 18.5 Å². The van der Waals surface area contributed by atoms with Gasteiger partial charge in [0.25, 0.3) is 5.91 Å². The molecule has 5 nitrogen and oxygen atoms in total. The monoisotopic (exact) mass is 323 g/mol. The lowest BCUT2D eigenvalue weighted by molar-refractivity contribution is -0.145. The van der Waals surface area contributed by atoms with E-state index in [1.165, 1.54) is 16.7 Å². The molecule has 1 saturated heterocycles. The molecule has 124 valence electrons. The summed E-state index contributed by atoms with van der Waals surface area (Å²) in [6.07, 6.45) is 8.41. The molecule has 5 heteroatoms. The maximum Gasteiger partial charge on any atom is 0.251 e. The lowest BCUT2D eigenvalue weighted by atomic mass is 9.97. The maximum absolute atomic E-state index is 12.0. The van der Waals surface area contributed by atoms with Gasteiger partial charge in [0.1, 0.15) is 12.3 Å². The van der Waals surface area contributed by atoms with Gasteiger partial charge in [-0.2, -0.15) is 0 Å². The molecule has 3 N–H and O–H groups in total. The smallest absolute Gasteiger partial charge is 0.251 e. The Morgan fingerprint density at radius 1 is 1.33 bits per heavy atom. The van der Waals surface area contributed by atoms with Gasteiger partial charge in [-0.3, -0.25) is 4.79 Å². The highest BCUT2D eigenvalue weighted by Gasteiger charge is 2.27. The molecule has 1 aromatic carbocycles. The van der Waals surface area contributed by atoms with E-state index in [0.717, 1.165) is 23.4 Å². The van der Waals surface area contributed by atoms with Crippen LogP contribution in [0, 0.1) is 0 Å². The maximum atomic E-state index is 12.0. The van der Waals surface area contributed by atoms with E-state index in [0.29, 0.717) is 6.61 Å². The summed E-state index contributed by atoms with van der Waals surface area (Å²) in [7, 11) is 0. The third-order valence-electron chi connectivity index (χ3n) is 4.70. The highest BCUT2D eigenvalue weighted by Crippen LogP contribution is 2.19. The number of dihydropyridines is 1. The first-order chi connectivity index (χ1) is 11.7. The summed E-state index contributed by atoms with van der Waals surface area (Å²) in [5.74, 6) is -0.0516. The van der Waals surface area contributed by atoms with E-state index in [4.69, 9.17) is 4.74 Å². The van der Waals surface area contributed by atoms with Crippen molar-refractivity contribution in [3.8, 4) is 0 Å². The zero-order valence-electron chi connectivity index (χ0n) is 13.6. The molecule has 0 saturated carbocycles. The predicted octanol–water partition coefficient (Wildman–Crippen LogP) is -0.0701. The van der Waals surface area contributed by atoms with E-state index < -0.39 is 0 Å². The number of hydrogen-bond donors (Lipinski definition) is 3. The number of hydrogen-bond acceptors (Lipinski definition) is 4. The van der Waals surface area contributed by atoms with Crippen LogP contribution in [-0.4, -0.2) is 31.3 Å². The summed E-state index contributed by atoms with van der Waals surface area (Å²) in [5, 5.41) is 11.7. The third-order valence-corrected chi connectivity index (χ3v) is 4.70. The van der Waals surface area contributed by atoms with Gasteiger partial charge in [0, 0.05) is 19.2 Å². The summed E-state index contributed by atoms with van der Waals surface area (Å²) in [5.41, 5.74) is 3.82. The summed E-state index contributed by atoms with van der Waals surface area (Å²) in [6, 6.07) is 6.44. The number of carbonyl (C=O) groups is 1. The molecule has 0 aliphatic carbocycles. The van der Waals surface area contributed by atoms with Crippen LogP contribution >= 0.6 is 0 Å². The van der Waals surface area contributed by atoms with Crippen LogP contribution in [0.1, 0.15) is 18.9 Å². The van der Waals surface area contributed by atoms with Crippen LogP contribution in [0.25, 0.3) is 17.8 Å². The van der Waals surface area contributed by atoms with Crippen LogP contribution in [0.15, 0.2) is 36.0 Å². The average molecular weight is 323 g/mol. The van der Waals surface area contributed by atoms with Crippen molar-refractivity contribution in [1.82, 2.24) is 16.0 Å². The van der Waals surface area contributed by atoms with Gasteiger partial charge in [-0.05, 0) is 58.5 Å². The Bertz CT molecular complexity index is 850. The van der Waals surface area contributed by atoms with Crippen LogP contribution in [0.3, 0.4) is 0 Å². The van der Waals surface area contributed by atoms with Crippen LogP contribution in [0.5, 0.6) is 0 Å². The minimum absolute atomic E-state index is 0.0516. The molecule has 2 atom stereocenters. The molecule has 1 aromatic rings. The Kier molecular flexibility index (Phi) is 3.86. The lowest BCUT2D eigenvalue weighted by Crippen LogP contribution is -2.52. The first-order valence-electron chi connectivity index (χ1n) is 8.31. The second-order valence-electron chi connectivity index (χ2n) is 6.33. The Morgan fingerprint density at radius 2 is 2.21 bits per heavy atom. The van der Waals surface area contributed by atoms with E-state index in [2.05, 4.69) is 47.1 Å². The van der Waals surface area contributed by atoms with E-state index >= 15 is 0 Å². The highest BCUT2D eigenvalue weighted by atomic mass is 16.5. The van der Waals surface area contributed by atoms with Crippen molar-refractivity contribution in [3.63, 3.8) is 0 Å². The summed E-state index contributed by atoms with van der Waals surface area (Å²) >= 11 is 0. The largest absolute Gasteiger partial charge is 0.387 e. The Morgan fingerprint density at radius 3 is 2.96 bits per heavy atom. The fourth-order valence-electron chi connectivity index (χ4n) is 3.13. The number of carbonyl (C=O) groups excluding carboxylic acids is 1. The Labute approximate surface area is 140 Å². The number of fused-ring (bicyclic) bond motifs is 1. The van der Waals surface area contributed by atoms with Crippen LogP contribution in [-0.2, 0) is 9.53 Å². The molecule has 3 aliphatic heterocycles. The summed E-state index contributed by atoms with van der Waals surface area (Å²) in [4.78, 5) is 12.0. The van der Waals surface area contributed by atoms with Crippen LogP contribution in [0.4, 0.5) is 0 Å². The average Bonchev–Trinajstić information content (AvgIpc) is 2.53. The van der Waals surface area contributed by atoms with Gasteiger partial charge in [-0.25, -0.2) is 0 Å². The highest BCUT2D eigenvalue weighted by molar-refractivity contribution is 5.82. The number of benzene rings is 1. The number of nitrogens with one attached hydrogen (secondary N) is 3. The standard InChI is InChI=1S/C19H21N3O2/c1-12-4-6-20-11-16(12)14-3-2-13-9-18(21-10-15(13)8-14)22-19(23)17-5-7-24-17/h2-4,6,8-10,17-18,20-21H,5,7,11H2,1H3,(H,22,23)/t17-,18?/m0/s1. The fraction of sp³-hybridized carbons (Fsp3) is 0.316. The van der Waals surface area contributed by atoms with Crippen molar-refractivity contribution in [3.05, 3.63) is 52.0 Å². The molecule has 3 heterocycles. The van der Waals surface area contributed by atoms with E-state index in [-0.39, 0.29) is 18.2 Å². The first kappa shape index (κ1) is 15.0. The quantitative estimate of drug-likeness (QED) is 0.729. The second kappa shape index (κ2) is 6.17. The first-order valence-corrected chi connectivity index (χ1v) is 8.31. The van der Waals surface area contributed by atoms with Gasteiger partial charge in [-0.15, -0.1) is 0 Å². The Balaban J connectivity index is 1.57. The Hall–Kier alpha value is -2.53. The van der Waals surface area contributed by atoms with Gasteiger partial charge in [0.2, 0.25) is 0 Å². The fourth-order valence-corrected chi connectivity index (χ4v) is 3.13. The second-order valence-corrected chi connectivity index (χ2v) is 6.33. The number of rotatable bonds is 3. The molecule has 1 amide bonds. The van der Waals surface area contributed by atoms with Gasteiger partial charge < -0.3 is 20.7 Å². The van der Waals surface area contributed by atoms with Crippen LogP contribution in [0.2, 0.25) is 0 Å². The molecular formula is C19H21N3O2. The number of ether oxygens (including phenoxy) is 1. The number of allylic oxidation sites excluding steroid dienone is 2. The minimum atomic E-state index is -0.286. The predicted molar refractivity (Wildman–Crippen MR) is 93.8 cm³/mol. The molecule has 24 heavy (non-hydrogen) atoms. The van der Waals surface area contributed by atoms with Crippen molar-refractivity contribution in [2.24, 2.45) is 0 Å². The summed E-state index contributed by atoms with van der Waals surface area (Å²) < 4.78 is 5.22. The molecular weight excluding hydrogens is 302 g/mol. The summed E-state index contributed by atoms with van der Waals surface area (Å²) in [6.45, 7) is 3.66. The lowest BCUT2D eigenvalue weighted by Gasteiger charge is -2.27. The van der Waals surface area contributed by atoms with Crippen molar-refractivity contribution < 1.29 is 9.53 Å². The van der Waals surface area contributed by atoms with Gasteiger partial charge in [-0.1, -0.05) is 12.1 Å². The third kappa shape index (κ3) is 2.83. The molecule has 0 spiro atoms. The molecule has 3 aliphatic rings. The molecule has 1 unspecified atom stereocenters. The van der Waals surface area contributed by atoms with E-state index in [1.54, 1.807) is 0 Å². The molecule has 0 aromatic heterocycles. The van der Waals surface area contributed by atoms with Crippen LogP contribution < -0.4 is 26.4 Å². The normalized spacial score (nSPS) is 24.5. The van der Waals surface area contributed by atoms with Gasteiger partial charge >= 0.3 is 0 Å². The SMILES string of the molecule is CC1=C(c2ccc3c(c2)=CNC(NC(=O)[C@@H]2CCO2)C=3)CNC=C1. The zero-order chi connectivity index (χ0) is 16.5. The topological polar surface area (TPSA) is 62.4 Å². The number of amides is 1. The molecule has 0 bridgehead atoms.